The van der Waals surface area contributed by atoms with Gasteiger partial charge in [-0.3, -0.25) is 4.79 Å². The Morgan fingerprint density at radius 2 is 2.08 bits per heavy atom. The van der Waals surface area contributed by atoms with Crippen molar-refractivity contribution in [3.8, 4) is 5.69 Å². The second kappa shape index (κ2) is 7.59. The van der Waals surface area contributed by atoms with Gasteiger partial charge in [-0.15, -0.1) is 0 Å². The van der Waals surface area contributed by atoms with Crippen molar-refractivity contribution in [2.45, 2.75) is 25.4 Å². The molecule has 0 bridgehead atoms. The first-order chi connectivity index (χ1) is 11.6. The number of hydrogen-bond donors (Lipinski definition) is 1. The van der Waals surface area contributed by atoms with Gasteiger partial charge in [0.05, 0.1) is 17.9 Å². The number of amides is 1. The van der Waals surface area contributed by atoms with Crippen LogP contribution in [0.1, 0.15) is 18.4 Å². The molecular weight excluding hydrogens is 304 g/mol. The van der Waals surface area contributed by atoms with Crippen molar-refractivity contribution in [1.82, 2.24) is 14.7 Å². The molecule has 2 N–H and O–H groups in total. The first-order valence-electron chi connectivity index (χ1n) is 8.32. The van der Waals surface area contributed by atoms with Gasteiger partial charge in [-0.1, -0.05) is 18.2 Å². The summed E-state index contributed by atoms with van der Waals surface area (Å²) in [5, 5.41) is 4.36. The summed E-state index contributed by atoms with van der Waals surface area (Å²) in [5.74, 6) is 0.190. The summed E-state index contributed by atoms with van der Waals surface area (Å²) in [4.78, 5) is 14.2. The van der Waals surface area contributed by atoms with Gasteiger partial charge in [0.15, 0.2) is 0 Å². The third kappa shape index (κ3) is 3.83. The van der Waals surface area contributed by atoms with E-state index in [0.29, 0.717) is 19.8 Å². The molecule has 128 valence electrons. The fourth-order valence-electron chi connectivity index (χ4n) is 3.05. The molecule has 1 amide bonds. The van der Waals surface area contributed by atoms with Gasteiger partial charge in [-0.05, 0) is 30.9 Å². The average Bonchev–Trinajstić information content (AvgIpc) is 3.10. The normalized spacial score (nSPS) is 16.8. The Morgan fingerprint density at radius 1 is 1.38 bits per heavy atom. The van der Waals surface area contributed by atoms with Crippen molar-refractivity contribution in [3.05, 3.63) is 48.3 Å². The van der Waals surface area contributed by atoms with Crippen LogP contribution in [0.3, 0.4) is 0 Å². The molecule has 0 saturated carbocycles. The highest BCUT2D eigenvalue weighted by molar-refractivity contribution is 5.81. The number of nitrogens with zero attached hydrogens (tertiary/aromatic N) is 3. The first-order valence-corrected chi connectivity index (χ1v) is 8.32. The summed E-state index contributed by atoms with van der Waals surface area (Å²) in [5.41, 5.74) is 8.15. The molecule has 1 aliphatic heterocycles. The second-order valence-electron chi connectivity index (χ2n) is 6.30. The molecule has 0 spiro atoms. The lowest BCUT2D eigenvalue weighted by Crippen LogP contribution is -2.47. The largest absolute Gasteiger partial charge is 0.381 e. The number of para-hydroxylation sites is 1. The fraction of sp³-hybridized carbons (Fsp3) is 0.444. The van der Waals surface area contributed by atoms with Crippen molar-refractivity contribution < 1.29 is 9.53 Å². The van der Waals surface area contributed by atoms with Gasteiger partial charge in [0, 0.05) is 38.6 Å². The average molecular weight is 328 g/mol. The highest BCUT2D eigenvalue weighted by Crippen LogP contribution is 2.19. The molecule has 1 fully saturated rings. The van der Waals surface area contributed by atoms with Crippen LogP contribution in [0.4, 0.5) is 0 Å². The fourth-order valence-corrected chi connectivity index (χ4v) is 3.05. The number of ether oxygens (including phenoxy) is 1. The van der Waals surface area contributed by atoms with Gasteiger partial charge < -0.3 is 15.4 Å². The Kier molecular flexibility index (Phi) is 5.27. The van der Waals surface area contributed by atoms with E-state index in [1.165, 1.54) is 0 Å². The number of nitrogens with two attached hydrogens (primary N) is 1. The van der Waals surface area contributed by atoms with Crippen LogP contribution in [0.15, 0.2) is 42.7 Å². The lowest BCUT2D eigenvalue weighted by Gasteiger charge is -2.29. The quantitative estimate of drug-likeness (QED) is 0.904. The number of rotatable bonds is 5. The van der Waals surface area contributed by atoms with Crippen LogP contribution in [-0.4, -0.2) is 46.9 Å². The van der Waals surface area contributed by atoms with Crippen LogP contribution < -0.4 is 5.73 Å². The Morgan fingerprint density at radius 3 is 2.79 bits per heavy atom. The molecule has 1 aromatic heterocycles. The standard InChI is InChI=1S/C18H24N4O2/c1-21(18(23)17(19)15-7-9-24-10-8-15)12-14-11-20-22(13-14)16-5-3-2-4-6-16/h2-6,11,13,15,17H,7-10,12,19H2,1H3. The van der Waals surface area contributed by atoms with Gasteiger partial charge in [0.2, 0.25) is 5.91 Å². The van der Waals surface area contributed by atoms with Crippen molar-refractivity contribution in [2.75, 3.05) is 20.3 Å². The molecule has 1 atom stereocenters. The zero-order valence-electron chi connectivity index (χ0n) is 14.0. The Balaban J connectivity index is 1.61. The maximum atomic E-state index is 12.6. The zero-order valence-corrected chi connectivity index (χ0v) is 14.0. The van der Waals surface area contributed by atoms with Crippen LogP contribution in [0.5, 0.6) is 0 Å². The van der Waals surface area contributed by atoms with E-state index in [-0.39, 0.29) is 11.8 Å². The van der Waals surface area contributed by atoms with Gasteiger partial charge in [-0.25, -0.2) is 4.68 Å². The molecule has 0 aliphatic carbocycles. The van der Waals surface area contributed by atoms with Gasteiger partial charge in [0.1, 0.15) is 0 Å². The van der Waals surface area contributed by atoms with Crippen molar-refractivity contribution in [1.29, 1.82) is 0 Å². The van der Waals surface area contributed by atoms with Crippen LogP contribution in [0, 0.1) is 5.92 Å². The Labute approximate surface area is 142 Å². The minimum Gasteiger partial charge on any atom is -0.381 e. The van der Waals surface area contributed by atoms with Crippen molar-refractivity contribution >= 4 is 5.91 Å². The molecule has 6 heteroatoms. The molecular formula is C18H24N4O2. The molecule has 3 rings (SSSR count). The predicted octanol–water partition coefficient (Wildman–Crippen LogP) is 1.58. The molecule has 1 saturated heterocycles. The summed E-state index contributed by atoms with van der Waals surface area (Å²) in [6, 6.07) is 9.44. The highest BCUT2D eigenvalue weighted by Gasteiger charge is 2.28. The SMILES string of the molecule is CN(Cc1cnn(-c2ccccc2)c1)C(=O)C(N)C1CCOCC1. The maximum absolute atomic E-state index is 12.6. The Bertz CT molecular complexity index is 665. The van der Waals surface area contributed by atoms with E-state index in [0.717, 1.165) is 24.1 Å². The number of aromatic nitrogens is 2. The third-order valence-electron chi connectivity index (χ3n) is 4.51. The predicted molar refractivity (Wildman–Crippen MR) is 91.6 cm³/mol. The van der Waals surface area contributed by atoms with E-state index in [9.17, 15) is 4.79 Å². The maximum Gasteiger partial charge on any atom is 0.239 e. The van der Waals surface area contributed by atoms with Crippen LogP contribution in [0.2, 0.25) is 0 Å². The molecule has 2 heterocycles. The van der Waals surface area contributed by atoms with Gasteiger partial charge >= 0.3 is 0 Å². The van der Waals surface area contributed by atoms with Crippen molar-refractivity contribution in [2.24, 2.45) is 11.7 Å². The second-order valence-corrected chi connectivity index (χ2v) is 6.30. The van der Waals surface area contributed by atoms with E-state index in [1.54, 1.807) is 18.1 Å². The van der Waals surface area contributed by atoms with E-state index in [1.807, 2.05) is 41.2 Å². The lowest BCUT2D eigenvalue weighted by atomic mass is 9.91. The number of carbonyl (C=O) groups excluding carboxylic acids is 1. The lowest BCUT2D eigenvalue weighted by molar-refractivity contribution is -0.133. The number of hydrogen-bond acceptors (Lipinski definition) is 4. The van der Waals surface area contributed by atoms with Gasteiger partial charge in [0.25, 0.3) is 0 Å². The smallest absolute Gasteiger partial charge is 0.239 e. The minimum atomic E-state index is -0.455. The first kappa shape index (κ1) is 16.7. The van der Waals surface area contributed by atoms with E-state index >= 15 is 0 Å². The summed E-state index contributed by atoms with van der Waals surface area (Å²) < 4.78 is 7.15. The topological polar surface area (TPSA) is 73.4 Å². The third-order valence-corrected chi connectivity index (χ3v) is 4.51. The van der Waals surface area contributed by atoms with E-state index in [4.69, 9.17) is 10.5 Å². The molecule has 1 aromatic carbocycles. The Hall–Kier alpha value is -2.18. The van der Waals surface area contributed by atoms with Crippen molar-refractivity contribution in [3.63, 3.8) is 0 Å². The summed E-state index contributed by atoms with van der Waals surface area (Å²) >= 11 is 0. The van der Waals surface area contributed by atoms with E-state index < -0.39 is 6.04 Å². The molecule has 2 aromatic rings. The highest BCUT2D eigenvalue weighted by atomic mass is 16.5. The number of likely N-dealkylation sites (N-methyl/N-ethyl adjacent to an activating group) is 1. The monoisotopic (exact) mass is 328 g/mol. The summed E-state index contributed by atoms with van der Waals surface area (Å²) in [6.07, 6.45) is 5.44. The molecule has 0 radical (unpaired) electrons. The summed E-state index contributed by atoms with van der Waals surface area (Å²) in [7, 11) is 1.79. The number of carbonyl (C=O) groups is 1. The number of benzene rings is 1. The molecule has 1 unspecified atom stereocenters. The van der Waals surface area contributed by atoms with Crippen LogP contribution >= 0.6 is 0 Å². The van der Waals surface area contributed by atoms with Gasteiger partial charge in [-0.2, -0.15) is 5.10 Å². The molecule has 24 heavy (non-hydrogen) atoms. The van der Waals surface area contributed by atoms with Crippen LogP contribution in [-0.2, 0) is 16.1 Å². The molecule has 1 aliphatic rings. The minimum absolute atomic E-state index is 0.0191. The summed E-state index contributed by atoms with van der Waals surface area (Å²) in [6.45, 7) is 1.89. The zero-order chi connectivity index (χ0) is 16.9. The van der Waals surface area contributed by atoms with Crippen LogP contribution in [0.25, 0.3) is 5.69 Å². The van der Waals surface area contributed by atoms with E-state index in [2.05, 4.69) is 5.10 Å². The molecule has 6 nitrogen and oxygen atoms in total.